The summed E-state index contributed by atoms with van der Waals surface area (Å²) in [5.41, 5.74) is -0.192. The summed E-state index contributed by atoms with van der Waals surface area (Å²) in [5.74, 6) is -1.06. The van der Waals surface area contributed by atoms with E-state index < -0.39 is 17.9 Å². The van der Waals surface area contributed by atoms with Gasteiger partial charge in [0.05, 0.1) is 0 Å². The molecule has 0 aromatic carbocycles. The van der Waals surface area contributed by atoms with E-state index in [1.165, 1.54) is 24.1 Å². The van der Waals surface area contributed by atoms with Crippen LogP contribution in [0.2, 0.25) is 0 Å². The summed E-state index contributed by atoms with van der Waals surface area (Å²) in [6, 6.07) is 1.86. The Kier molecular flexibility index (Phi) is 3.27. The highest BCUT2D eigenvalue weighted by molar-refractivity contribution is 5.95. The molecule has 1 amide bonds. The van der Waals surface area contributed by atoms with Gasteiger partial charge in [0.1, 0.15) is 11.7 Å². The highest BCUT2D eigenvalue weighted by Crippen LogP contribution is 2.42. The van der Waals surface area contributed by atoms with Crippen LogP contribution in [0, 0.1) is 11.8 Å². The molecule has 7 nitrogen and oxygen atoms in total. The summed E-state index contributed by atoms with van der Waals surface area (Å²) >= 11 is 0. The van der Waals surface area contributed by atoms with Gasteiger partial charge in [-0.3, -0.25) is 9.59 Å². The SMILES string of the molecule is Cn1nc(C(=O)N2CC3CCCC3C2C(=O)O)ccc1=O. The van der Waals surface area contributed by atoms with Gasteiger partial charge in [-0.1, -0.05) is 6.42 Å². The van der Waals surface area contributed by atoms with E-state index in [0.717, 1.165) is 23.9 Å². The molecule has 3 unspecified atom stereocenters. The summed E-state index contributed by atoms with van der Waals surface area (Å²) in [6.45, 7) is 0.463. The van der Waals surface area contributed by atoms with Crippen LogP contribution in [0.1, 0.15) is 29.8 Å². The zero-order chi connectivity index (χ0) is 15.1. The minimum atomic E-state index is -0.956. The predicted octanol–water partition coefficient (Wildman–Crippen LogP) is 0.106. The fraction of sp³-hybridized carbons (Fsp3) is 0.571. The monoisotopic (exact) mass is 291 g/mol. The first-order valence-corrected chi connectivity index (χ1v) is 7.07. The van der Waals surface area contributed by atoms with Gasteiger partial charge >= 0.3 is 5.97 Å². The number of amides is 1. The number of aliphatic carboxylic acids is 1. The molecule has 3 rings (SSSR count). The number of nitrogens with zero attached hydrogens (tertiary/aromatic N) is 3. The lowest BCUT2D eigenvalue weighted by atomic mass is 9.94. The van der Waals surface area contributed by atoms with Gasteiger partial charge in [0.2, 0.25) is 0 Å². The molecule has 0 bridgehead atoms. The first-order valence-electron chi connectivity index (χ1n) is 7.07. The molecule has 1 aliphatic heterocycles. The lowest BCUT2D eigenvalue weighted by Crippen LogP contribution is -2.44. The number of aryl methyl sites for hydroxylation is 1. The number of carbonyl (C=O) groups excluding carboxylic acids is 1. The minimum absolute atomic E-state index is 0.0407. The Morgan fingerprint density at radius 3 is 2.76 bits per heavy atom. The standard InChI is InChI=1S/C14H17N3O4/c1-16-11(18)6-5-10(15-16)13(19)17-7-8-3-2-4-9(8)12(17)14(20)21/h5-6,8-9,12H,2-4,7H2,1H3,(H,20,21). The van der Waals surface area contributed by atoms with Crippen LogP contribution in [0.5, 0.6) is 0 Å². The maximum atomic E-state index is 12.5. The van der Waals surface area contributed by atoms with Crippen LogP contribution in [0.25, 0.3) is 0 Å². The van der Waals surface area contributed by atoms with Crippen molar-refractivity contribution in [3.8, 4) is 0 Å². The normalized spacial score (nSPS) is 27.7. The van der Waals surface area contributed by atoms with Crippen molar-refractivity contribution in [2.75, 3.05) is 6.54 Å². The van der Waals surface area contributed by atoms with Crippen molar-refractivity contribution in [3.63, 3.8) is 0 Å². The Morgan fingerprint density at radius 1 is 1.33 bits per heavy atom. The lowest BCUT2D eigenvalue weighted by molar-refractivity contribution is -0.142. The molecule has 1 aromatic heterocycles. The number of carboxylic acids is 1. The molecule has 1 aliphatic carbocycles. The number of carbonyl (C=O) groups is 2. The number of fused-ring (bicyclic) bond motifs is 1. The Bertz CT molecular complexity index is 654. The third-order valence-electron chi connectivity index (χ3n) is 4.58. The number of rotatable bonds is 2. The van der Waals surface area contributed by atoms with Gasteiger partial charge in [-0.15, -0.1) is 0 Å². The second-order valence-electron chi connectivity index (χ2n) is 5.78. The van der Waals surface area contributed by atoms with E-state index in [9.17, 15) is 19.5 Å². The first-order chi connectivity index (χ1) is 9.99. The Labute approximate surface area is 121 Å². The molecular formula is C14H17N3O4. The fourth-order valence-corrected chi connectivity index (χ4v) is 3.59. The molecule has 3 atom stereocenters. The zero-order valence-corrected chi connectivity index (χ0v) is 11.7. The van der Waals surface area contributed by atoms with Crippen LogP contribution in [0.4, 0.5) is 0 Å². The number of aromatic nitrogens is 2. The van der Waals surface area contributed by atoms with Gasteiger partial charge in [0, 0.05) is 19.7 Å². The highest BCUT2D eigenvalue weighted by atomic mass is 16.4. The Hall–Kier alpha value is -2.18. The Balaban J connectivity index is 1.91. The van der Waals surface area contributed by atoms with Crippen LogP contribution in [-0.2, 0) is 11.8 Å². The number of likely N-dealkylation sites (tertiary alicyclic amines) is 1. The number of hydrogen-bond donors (Lipinski definition) is 1. The van der Waals surface area contributed by atoms with Gasteiger partial charge in [0.15, 0.2) is 0 Å². The summed E-state index contributed by atoms with van der Waals surface area (Å²) in [4.78, 5) is 36.8. The molecular weight excluding hydrogens is 274 g/mol. The first kappa shape index (κ1) is 13.8. The molecule has 2 heterocycles. The van der Waals surface area contributed by atoms with Crippen molar-refractivity contribution >= 4 is 11.9 Å². The van der Waals surface area contributed by atoms with Crippen LogP contribution in [-0.4, -0.2) is 44.3 Å². The largest absolute Gasteiger partial charge is 0.480 e. The van der Waals surface area contributed by atoms with E-state index in [2.05, 4.69) is 5.10 Å². The fourth-order valence-electron chi connectivity index (χ4n) is 3.59. The summed E-state index contributed by atoms with van der Waals surface area (Å²) in [7, 11) is 1.46. The summed E-state index contributed by atoms with van der Waals surface area (Å²) in [6.07, 6.45) is 2.85. The smallest absolute Gasteiger partial charge is 0.326 e. The number of carboxylic acid groups (broad SMARTS) is 1. The van der Waals surface area contributed by atoms with E-state index in [1.807, 2.05) is 0 Å². The van der Waals surface area contributed by atoms with Crippen molar-refractivity contribution in [2.24, 2.45) is 18.9 Å². The molecule has 0 spiro atoms. The lowest BCUT2D eigenvalue weighted by Gasteiger charge is -2.24. The van der Waals surface area contributed by atoms with Crippen molar-refractivity contribution in [1.29, 1.82) is 0 Å². The summed E-state index contributed by atoms with van der Waals surface area (Å²) in [5, 5.41) is 13.4. The van der Waals surface area contributed by atoms with Gasteiger partial charge in [-0.25, -0.2) is 9.48 Å². The van der Waals surface area contributed by atoms with E-state index in [-0.39, 0.29) is 23.1 Å². The number of hydrogen-bond acceptors (Lipinski definition) is 4. The molecule has 0 radical (unpaired) electrons. The third-order valence-corrected chi connectivity index (χ3v) is 4.58. The second kappa shape index (κ2) is 4.98. The third kappa shape index (κ3) is 2.22. The summed E-state index contributed by atoms with van der Waals surface area (Å²) < 4.78 is 1.08. The average molecular weight is 291 g/mol. The van der Waals surface area contributed by atoms with Crippen molar-refractivity contribution in [3.05, 3.63) is 28.2 Å². The molecule has 1 aromatic rings. The van der Waals surface area contributed by atoms with Crippen molar-refractivity contribution in [2.45, 2.75) is 25.3 Å². The molecule has 112 valence electrons. The Morgan fingerprint density at radius 2 is 2.10 bits per heavy atom. The predicted molar refractivity (Wildman–Crippen MR) is 72.8 cm³/mol. The maximum absolute atomic E-state index is 12.5. The zero-order valence-electron chi connectivity index (χ0n) is 11.7. The van der Waals surface area contributed by atoms with Gasteiger partial charge in [0.25, 0.3) is 11.5 Å². The van der Waals surface area contributed by atoms with E-state index in [1.54, 1.807) is 0 Å². The van der Waals surface area contributed by atoms with Crippen molar-refractivity contribution < 1.29 is 14.7 Å². The molecule has 1 saturated carbocycles. The molecule has 2 aliphatic rings. The van der Waals surface area contributed by atoms with Gasteiger partial charge in [-0.2, -0.15) is 5.10 Å². The molecule has 7 heteroatoms. The van der Waals surface area contributed by atoms with E-state index in [4.69, 9.17) is 0 Å². The second-order valence-corrected chi connectivity index (χ2v) is 5.78. The molecule has 1 N–H and O–H groups in total. The maximum Gasteiger partial charge on any atom is 0.326 e. The quantitative estimate of drug-likeness (QED) is 0.834. The average Bonchev–Trinajstić information content (AvgIpc) is 3.00. The van der Waals surface area contributed by atoms with Crippen LogP contribution in [0.15, 0.2) is 16.9 Å². The van der Waals surface area contributed by atoms with E-state index in [0.29, 0.717) is 6.54 Å². The molecule has 2 fully saturated rings. The minimum Gasteiger partial charge on any atom is -0.480 e. The van der Waals surface area contributed by atoms with Crippen LogP contribution >= 0.6 is 0 Å². The van der Waals surface area contributed by atoms with Crippen molar-refractivity contribution in [1.82, 2.24) is 14.7 Å². The van der Waals surface area contributed by atoms with Gasteiger partial charge < -0.3 is 10.0 Å². The molecule has 1 saturated heterocycles. The van der Waals surface area contributed by atoms with E-state index >= 15 is 0 Å². The molecule has 21 heavy (non-hydrogen) atoms. The topological polar surface area (TPSA) is 92.5 Å². The van der Waals surface area contributed by atoms with Gasteiger partial charge in [-0.05, 0) is 30.7 Å². The van der Waals surface area contributed by atoms with Crippen LogP contribution in [0.3, 0.4) is 0 Å². The highest BCUT2D eigenvalue weighted by Gasteiger charge is 2.49. The van der Waals surface area contributed by atoms with Crippen LogP contribution < -0.4 is 5.56 Å².